The fourth-order valence-electron chi connectivity index (χ4n) is 1.81. The van der Waals surface area contributed by atoms with Gasteiger partial charge in [-0.2, -0.15) is 0 Å². The summed E-state index contributed by atoms with van der Waals surface area (Å²) in [4.78, 5) is 14.3. The first-order valence-corrected chi connectivity index (χ1v) is 7.37. The Kier molecular flexibility index (Phi) is 7.13. The number of hydrogen-bond acceptors (Lipinski definition) is 3. The van der Waals surface area contributed by atoms with Crippen LogP contribution < -0.4 is 5.73 Å². The minimum absolute atomic E-state index is 0.377. The second kappa shape index (κ2) is 8.43. The summed E-state index contributed by atoms with van der Waals surface area (Å²) in [6, 6.07) is 4.23. The molecule has 2 N–H and O–H groups in total. The van der Waals surface area contributed by atoms with Crippen molar-refractivity contribution in [2.24, 2.45) is 5.73 Å². The standard InChI is InChI=1S/C14H23NOS/c1-2-13-8-9-14(17-13)11-12(16)7-5-3-4-6-10-15/h8-9H,2-7,10-11,15H2,1H3. The molecule has 1 rings (SSSR count). The third kappa shape index (κ3) is 5.99. The van der Waals surface area contributed by atoms with Gasteiger partial charge in [-0.3, -0.25) is 4.79 Å². The van der Waals surface area contributed by atoms with Crippen molar-refractivity contribution in [1.82, 2.24) is 0 Å². The van der Waals surface area contributed by atoms with Gasteiger partial charge >= 0.3 is 0 Å². The van der Waals surface area contributed by atoms with E-state index in [0.29, 0.717) is 12.2 Å². The van der Waals surface area contributed by atoms with Crippen molar-refractivity contribution in [3.05, 3.63) is 21.9 Å². The summed E-state index contributed by atoms with van der Waals surface area (Å²) in [5, 5.41) is 0. The topological polar surface area (TPSA) is 43.1 Å². The molecule has 1 aromatic heterocycles. The van der Waals surface area contributed by atoms with E-state index in [9.17, 15) is 4.79 Å². The van der Waals surface area contributed by atoms with Crippen LogP contribution in [0.4, 0.5) is 0 Å². The predicted octanol–water partition coefficient (Wildman–Crippen LogP) is 3.33. The van der Waals surface area contributed by atoms with E-state index in [1.54, 1.807) is 11.3 Å². The fourth-order valence-corrected chi connectivity index (χ4v) is 2.80. The molecule has 0 amide bonds. The fraction of sp³-hybridized carbons (Fsp3) is 0.643. The van der Waals surface area contributed by atoms with E-state index >= 15 is 0 Å². The molecule has 96 valence electrons. The van der Waals surface area contributed by atoms with Crippen LogP contribution in [-0.2, 0) is 17.6 Å². The van der Waals surface area contributed by atoms with Crippen LogP contribution in [0.1, 0.15) is 48.8 Å². The predicted molar refractivity (Wildman–Crippen MR) is 74.5 cm³/mol. The Morgan fingerprint density at radius 1 is 1.18 bits per heavy atom. The van der Waals surface area contributed by atoms with Gasteiger partial charge in [0.2, 0.25) is 0 Å². The van der Waals surface area contributed by atoms with Gasteiger partial charge in [0.25, 0.3) is 0 Å². The third-order valence-electron chi connectivity index (χ3n) is 2.85. The lowest BCUT2D eigenvalue weighted by molar-refractivity contribution is -0.118. The van der Waals surface area contributed by atoms with Crippen LogP contribution >= 0.6 is 11.3 Å². The highest BCUT2D eigenvalue weighted by Gasteiger charge is 2.05. The molecule has 0 aliphatic carbocycles. The van der Waals surface area contributed by atoms with Crippen LogP contribution in [0.25, 0.3) is 0 Å². The van der Waals surface area contributed by atoms with Crippen molar-refractivity contribution >= 4 is 17.1 Å². The summed E-state index contributed by atoms with van der Waals surface area (Å²) >= 11 is 1.77. The van der Waals surface area contributed by atoms with Crippen LogP contribution in [-0.4, -0.2) is 12.3 Å². The highest BCUT2D eigenvalue weighted by atomic mass is 32.1. The number of carbonyl (C=O) groups excluding carboxylic acids is 1. The quantitative estimate of drug-likeness (QED) is 0.686. The highest BCUT2D eigenvalue weighted by molar-refractivity contribution is 7.12. The molecule has 1 heterocycles. The van der Waals surface area contributed by atoms with E-state index in [1.807, 2.05) is 0 Å². The molecule has 0 unspecified atom stereocenters. The summed E-state index contributed by atoms with van der Waals surface area (Å²) in [5.74, 6) is 0.377. The van der Waals surface area contributed by atoms with E-state index < -0.39 is 0 Å². The van der Waals surface area contributed by atoms with Gasteiger partial charge in [-0.05, 0) is 37.9 Å². The SMILES string of the molecule is CCc1ccc(CC(=O)CCCCCCN)s1. The zero-order valence-corrected chi connectivity index (χ0v) is 11.5. The van der Waals surface area contributed by atoms with E-state index in [4.69, 9.17) is 5.73 Å². The van der Waals surface area contributed by atoms with Gasteiger partial charge in [-0.25, -0.2) is 0 Å². The minimum atomic E-state index is 0.377. The van der Waals surface area contributed by atoms with Crippen molar-refractivity contribution in [3.8, 4) is 0 Å². The number of rotatable bonds is 9. The molecule has 0 saturated carbocycles. The van der Waals surface area contributed by atoms with Gasteiger partial charge in [0, 0.05) is 22.6 Å². The molecule has 3 heteroatoms. The molecule has 2 nitrogen and oxygen atoms in total. The van der Waals surface area contributed by atoms with Crippen molar-refractivity contribution in [3.63, 3.8) is 0 Å². The summed E-state index contributed by atoms with van der Waals surface area (Å²) in [7, 11) is 0. The molecule has 0 spiro atoms. The minimum Gasteiger partial charge on any atom is -0.330 e. The molecule has 1 aromatic rings. The van der Waals surface area contributed by atoms with Crippen molar-refractivity contribution < 1.29 is 4.79 Å². The molecule has 0 radical (unpaired) electrons. The van der Waals surface area contributed by atoms with E-state index in [1.165, 1.54) is 9.75 Å². The number of unbranched alkanes of at least 4 members (excludes halogenated alkanes) is 3. The van der Waals surface area contributed by atoms with E-state index in [2.05, 4.69) is 19.1 Å². The summed E-state index contributed by atoms with van der Waals surface area (Å²) in [5.41, 5.74) is 5.42. The number of carbonyl (C=O) groups is 1. The van der Waals surface area contributed by atoms with Crippen LogP contribution in [0.5, 0.6) is 0 Å². The van der Waals surface area contributed by atoms with E-state index in [-0.39, 0.29) is 0 Å². The zero-order chi connectivity index (χ0) is 12.5. The van der Waals surface area contributed by atoms with Gasteiger partial charge in [-0.1, -0.05) is 19.8 Å². The highest BCUT2D eigenvalue weighted by Crippen LogP contribution is 2.18. The number of ketones is 1. The first kappa shape index (κ1) is 14.4. The van der Waals surface area contributed by atoms with Crippen LogP contribution in [0, 0.1) is 0 Å². The Hall–Kier alpha value is -0.670. The van der Waals surface area contributed by atoms with Crippen molar-refractivity contribution in [2.45, 2.75) is 51.9 Å². The Balaban J connectivity index is 2.16. The molecule has 0 fully saturated rings. The number of thiophene rings is 1. The van der Waals surface area contributed by atoms with Crippen molar-refractivity contribution in [1.29, 1.82) is 0 Å². The lowest BCUT2D eigenvalue weighted by Gasteiger charge is -1.99. The monoisotopic (exact) mass is 253 g/mol. The van der Waals surface area contributed by atoms with Gasteiger partial charge < -0.3 is 5.73 Å². The molecule has 0 aliphatic rings. The molecular weight excluding hydrogens is 230 g/mol. The largest absolute Gasteiger partial charge is 0.330 e. The van der Waals surface area contributed by atoms with Crippen LogP contribution in [0.15, 0.2) is 12.1 Å². The molecule has 0 aliphatic heterocycles. The summed E-state index contributed by atoms with van der Waals surface area (Å²) in [6.07, 6.45) is 6.81. The maximum absolute atomic E-state index is 11.7. The maximum atomic E-state index is 11.7. The zero-order valence-electron chi connectivity index (χ0n) is 10.7. The van der Waals surface area contributed by atoms with Gasteiger partial charge in [0.15, 0.2) is 0 Å². The lowest BCUT2D eigenvalue weighted by Crippen LogP contribution is -2.01. The molecule has 17 heavy (non-hydrogen) atoms. The first-order chi connectivity index (χ1) is 8.26. The van der Waals surface area contributed by atoms with Gasteiger partial charge in [-0.15, -0.1) is 11.3 Å². The van der Waals surface area contributed by atoms with Crippen LogP contribution in [0.3, 0.4) is 0 Å². The molecule has 0 bridgehead atoms. The average Bonchev–Trinajstić information content (AvgIpc) is 2.76. The molecule has 0 aromatic carbocycles. The van der Waals surface area contributed by atoms with Crippen LogP contribution in [0.2, 0.25) is 0 Å². The lowest BCUT2D eigenvalue weighted by atomic mass is 10.1. The van der Waals surface area contributed by atoms with Gasteiger partial charge in [0.1, 0.15) is 5.78 Å². The van der Waals surface area contributed by atoms with Gasteiger partial charge in [0.05, 0.1) is 0 Å². The molecule has 0 atom stereocenters. The molecule has 0 saturated heterocycles. The third-order valence-corrected chi connectivity index (χ3v) is 4.08. The number of aryl methyl sites for hydroxylation is 1. The normalized spacial score (nSPS) is 10.7. The second-order valence-electron chi connectivity index (χ2n) is 4.39. The summed E-state index contributed by atoms with van der Waals surface area (Å²) in [6.45, 7) is 2.91. The first-order valence-electron chi connectivity index (χ1n) is 6.55. The Bertz CT molecular complexity index is 333. The number of nitrogens with two attached hydrogens (primary N) is 1. The Morgan fingerprint density at radius 2 is 1.88 bits per heavy atom. The van der Waals surface area contributed by atoms with Crippen molar-refractivity contribution in [2.75, 3.05) is 6.54 Å². The maximum Gasteiger partial charge on any atom is 0.138 e. The Morgan fingerprint density at radius 3 is 2.53 bits per heavy atom. The Labute approximate surface area is 108 Å². The number of hydrogen-bond donors (Lipinski definition) is 1. The van der Waals surface area contributed by atoms with E-state index in [0.717, 1.165) is 45.1 Å². The average molecular weight is 253 g/mol. The summed E-state index contributed by atoms with van der Waals surface area (Å²) < 4.78 is 0. The second-order valence-corrected chi connectivity index (χ2v) is 5.64. The molecular formula is C14H23NOS. The smallest absolute Gasteiger partial charge is 0.138 e. The number of Topliss-reactive ketones (excluding diaryl/α,β-unsaturated/α-hetero) is 1.